The molecule has 3 N–H and O–H groups in total. The molecule has 0 saturated heterocycles. The molecule has 0 radical (unpaired) electrons. The van der Waals surface area contributed by atoms with Gasteiger partial charge in [-0.05, 0) is 37.4 Å². The monoisotopic (exact) mass is 286 g/mol. The summed E-state index contributed by atoms with van der Waals surface area (Å²) >= 11 is 0. The first-order chi connectivity index (χ1) is 10.3. The van der Waals surface area contributed by atoms with Gasteiger partial charge >= 0.3 is 0 Å². The highest BCUT2D eigenvalue weighted by Crippen LogP contribution is 2.30. The Labute approximate surface area is 124 Å². The smallest absolute Gasteiger partial charge is 0.223 e. The average molecular weight is 286 g/mol. The second kappa shape index (κ2) is 6.26. The van der Waals surface area contributed by atoms with Gasteiger partial charge in [0.05, 0.1) is 17.4 Å². The number of amides is 1. The molecule has 1 aromatic heterocycles. The first-order valence-electron chi connectivity index (χ1n) is 7.67. The summed E-state index contributed by atoms with van der Waals surface area (Å²) in [6.45, 7) is 1.99. The SMILES string of the molecule is NC[C@H]1CCC[C@H]1C(=O)NCCn1cnc2ccccc21. The Kier molecular flexibility index (Phi) is 4.20. The van der Waals surface area contributed by atoms with Crippen molar-refractivity contribution in [2.24, 2.45) is 17.6 Å². The van der Waals surface area contributed by atoms with Crippen molar-refractivity contribution in [3.63, 3.8) is 0 Å². The van der Waals surface area contributed by atoms with E-state index < -0.39 is 0 Å². The number of carbonyl (C=O) groups excluding carboxylic acids is 1. The summed E-state index contributed by atoms with van der Waals surface area (Å²) in [6.07, 6.45) is 5.00. The number of aromatic nitrogens is 2. The van der Waals surface area contributed by atoms with E-state index in [9.17, 15) is 4.79 Å². The minimum atomic E-state index is 0.106. The molecule has 0 spiro atoms. The molecule has 1 saturated carbocycles. The summed E-state index contributed by atoms with van der Waals surface area (Å²) < 4.78 is 2.07. The van der Waals surface area contributed by atoms with Crippen molar-refractivity contribution in [1.82, 2.24) is 14.9 Å². The van der Waals surface area contributed by atoms with Gasteiger partial charge in [0, 0.05) is 19.0 Å². The third kappa shape index (κ3) is 2.93. The Morgan fingerprint density at radius 2 is 2.24 bits per heavy atom. The number of nitrogens with two attached hydrogens (primary N) is 1. The number of fused-ring (bicyclic) bond motifs is 1. The zero-order valence-corrected chi connectivity index (χ0v) is 12.2. The molecule has 1 heterocycles. The van der Waals surface area contributed by atoms with E-state index >= 15 is 0 Å². The summed E-state index contributed by atoms with van der Waals surface area (Å²) in [5, 5.41) is 3.05. The molecule has 112 valence electrons. The van der Waals surface area contributed by atoms with Crippen LogP contribution in [-0.4, -0.2) is 28.5 Å². The molecule has 2 atom stereocenters. The van der Waals surface area contributed by atoms with Crippen LogP contribution >= 0.6 is 0 Å². The first kappa shape index (κ1) is 14.1. The van der Waals surface area contributed by atoms with Crippen LogP contribution in [0.25, 0.3) is 11.0 Å². The van der Waals surface area contributed by atoms with Gasteiger partial charge in [0.1, 0.15) is 0 Å². The van der Waals surface area contributed by atoms with Gasteiger partial charge in [0.25, 0.3) is 0 Å². The Morgan fingerprint density at radius 3 is 3.10 bits per heavy atom. The molecular weight excluding hydrogens is 264 g/mol. The van der Waals surface area contributed by atoms with Crippen LogP contribution in [0.2, 0.25) is 0 Å². The first-order valence-corrected chi connectivity index (χ1v) is 7.67. The normalized spacial score (nSPS) is 21.8. The lowest BCUT2D eigenvalue weighted by Crippen LogP contribution is -2.36. The van der Waals surface area contributed by atoms with Crippen LogP contribution in [0, 0.1) is 11.8 Å². The standard InChI is InChI=1S/C16H22N4O/c17-10-12-4-3-5-13(12)16(21)18-8-9-20-11-19-14-6-1-2-7-15(14)20/h1-2,6-7,11-13H,3-5,8-10,17H2,(H,18,21)/t12-,13-/m1/s1. The fraction of sp³-hybridized carbons (Fsp3) is 0.500. The number of benzene rings is 1. The molecule has 0 aliphatic heterocycles. The Balaban J connectivity index is 1.55. The summed E-state index contributed by atoms with van der Waals surface area (Å²) in [6, 6.07) is 8.03. The predicted molar refractivity (Wildman–Crippen MR) is 82.6 cm³/mol. The van der Waals surface area contributed by atoms with Gasteiger partial charge in [0.15, 0.2) is 0 Å². The number of hydrogen-bond acceptors (Lipinski definition) is 3. The molecular formula is C16H22N4O. The number of hydrogen-bond donors (Lipinski definition) is 2. The maximum absolute atomic E-state index is 12.2. The minimum Gasteiger partial charge on any atom is -0.354 e. The Morgan fingerprint density at radius 1 is 1.38 bits per heavy atom. The van der Waals surface area contributed by atoms with Crippen LogP contribution in [0.5, 0.6) is 0 Å². The van der Waals surface area contributed by atoms with Crippen molar-refractivity contribution < 1.29 is 4.79 Å². The van der Waals surface area contributed by atoms with Crippen molar-refractivity contribution >= 4 is 16.9 Å². The van der Waals surface area contributed by atoms with Crippen LogP contribution in [-0.2, 0) is 11.3 Å². The van der Waals surface area contributed by atoms with E-state index in [1.807, 2.05) is 30.6 Å². The largest absolute Gasteiger partial charge is 0.354 e. The lowest BCUT2D eigenvalue weighted by Gasteiger charge is -2.17. The molecule has 5 nitrogen and oxygen atoms in total. The zero-order chi connectivity index (χ0) is 14.7. The number of nitrogens with zero attached hydrogens (tertiary/aromatic N) is 2. The van der Waals surface area contributed by atoms with E-state index in [-0.39, 0.29) is 11.8 Å². The van der Waals surface area contributed by atoms with Crippen LogP contribution < -0.4 is 11.1 Å². The zero-order valence-electron chi connectivity index (χ0n) is 12.2. The molecule has 0 unspecified atom stereocenters. The van der Waals surface area contributed by atoms with Crippen molar-refractivity contribution in [3.05, 3.63) is 30.6 Å². The molecule has 2 aromatic rings. The van der Waals surface area contributed by atoms with Gasteiger partial charge in [0.2, 0.25) is 5.91 Å². The van der Waals surface area contributed by atoms with Gasteiger partial charge in [-0.15, -0.1) is 0 Å². The van der Waals surface area contributed by atoms with Crippen molar-refractivity contribution in [3.8, 4) is 0 Å². The van der Waals surface area contributed by atoms with Crippen LogP contribution in [0.3, 0.4) is 0 Å². The number of imidazole rings is 1. The van der Waals surface area contributed by atoms with Gasteiger partial charge in [-0.25, -0.2) is 4.98 Å². The molecule has 1 aliphatic carbocycles. The van der Waals surface area contributed by atoms with Crippen molar-refractivity contribution in [2.75, 3.05) is 13.1 Å². The van der Waals surface area contributed by atoms with E-state index in [0.717, 1.165) is 36.8 Å². The summed E-state index contributed by atoms with van der Waals surface area (Å²) in [5.74, 6) is 0.626. The van der Waals surface area contributed by atoms with Crippen molar-refractivity contribution in [2.45, 2.75) is 25.8 Å². The number of nitrogens with one attached hydrogen (secondary N) is 1. The highest BCUT2D eigenvalue weighted by molar-refractivity contribution is 5.79. The van der Waals surface area contributed by atoms with E-state index in [0.29, 0.717) is 19.0 Å². The molecule has 1 aromatic carbocycles. The van der Waals surface area contributed by atoms with Gasteiger partial charge < -0.3 is 15.6 Å². The van der Waals surface area contributed by atoms with Crippen molar-refractivity contribution in [1.29, 1.82) is 0 Å². The quantitative estimate of drug-likeness (QED) is 0.875. The highest BCUT2D eigenvalue weighted by Gasteiger charge is 2.31. The summed E-state index contributed by atoms with van der Waals surface area (Å²) in [4.78, 5) is 16.6. The van der Waals surface area contributed by atoms with E-state index in [1.165, 1.54) is 0 Å². The molecule has 1 fully saturated rings. The lowest BCUT2D eigenvalue weighted by molar-refractivity contribution is -0.125. The fourth-order valence-electron chi connectivity index (χ4n) is 3.28. The van der Waals surface area contributed by atoms with E-state index in [4.69, 9.17) is 5.73 Å². The van der Waals surface area contributed by atoms with Gasteiger partial charge in [-0.3, -0.25) is 4.79 Å². The average Bonchev–Trinajstić information content (AvgIpc) is 3.14. The van der Waals surface area contributed by atoms with Gasteiger partial charge in [-0.2, -0.15) is 0 Å². The highest BCUT2D eigenvalue weighted by atomic mass is 16.1. The Hall–Kier alpha value is -1.88. The van der Waals surface area contributed by atoms with Crippen LogP contribution in [0.15, 0.2) is 30.6 Å². The summed E-state index contributed by atoms with van der Waals surface area (Å²) in [7, 11) is 0. The minimum absolute atomic E-state index is 0.106. The maximum Gasteiger partial charge on any atom is 0.223 e. The lowest BCUT2D eigenvalue weighted by atomic mass is 9.95. The Bertz CT molecular complexity index is 622. The number of rotatable bonds is 5. The van der Waals surface area contributed by atoms with Crippen LogP contribution in [0.1, 0.15) is 19.3 Å². The molecule has 3 rings (SSSR count). The third-order valence-corrected chi connectivity index (χ3v) is 4.48. The molecule has 5 heteroatoms. The number of carbonyl (C=O) groups is 1. The molecule has 21 heavy (non-hydrogen) atoms. The van der Waals surface area contributed by atoms with Gasteiger partial charge in [-0.1, -0.05) is 18.6 Å². The predicted octanol–water partition coefficient (Wildman–Crippen LogP) is 1.53. The van der Waals surface area contributed by atoms with E-state index in [1.54, 1.807) is 0 Å². The number of para-hydroxylation sites is 2. The molecule has 1 amide bonds. The van der Waals surface area contributed by atoms with E-state index in [2.05, 4.69) is 14.9 Å². The third-order valence-electron chi connectivity index (χ3n) is 4.48. The fourth-order valence-corrected chi connectivity index (χ4v) is 3.28. The van der Waals surface area contributed by atoms with Crippen LogP contribution in [0.4, 0.5) is 0 Å². The maximum atomic E-state index is 12.2. The second-order valence-electron chi connectivity index (χ2n) is 5.75. The topological polar surface area (TPSA) is 72.9 Å². The molecule has 1 aliphatic rings. The molecule has 0 bridgehead atoms. The summed E-state index contributed by atoms with van der Waals surface area (Å²) in [5.41, 5.74) is 7.83. The second-order valence-corrected chi connectivity index (χ2v) is 5.75.